The summed E-state index contributed by atoms with van der Waals surface area (Å²) in [6, 6.07) is 9.12. The zero-order chi connectivity index (χ0) is 12.0. The van der Waals surface area contributed by atoms with Gasteiger partial charge >= 0.3 is 0 Å². The summed E-state index contributed by atoms with van der Waals surface area (Å²) in [5.74, 6) is 1.55. The number of halogens is 1. The van der Waals surface area contributed by atoms with Crippen molar-refractivity contribution in [2.75, 3.05) is 0 Å². The van der Waals surface area contributed by atoms with Crippen molar-refractivity contribution in [2.24, 2.45) is 5.92 Å². The van der Waals surface area contributed by atoms with Gasteiger partial charge in [0.05, 0.1) is 0 Å². The quantitative estimate of drug-likeness (QED) is 0.836. The van der Waals surface area contributed by atoms with Crippen molar-refractivity contribution in [3.63, 3.8) is 0 Å². The molecule has 0 spiro atoms. The standard InChI is InChI=1S/C15H20ClN/c1-15(2)13(9-14(17-15)11-3-4-11)10-5-7-12(16)8-6-10/h5-8,11,13-14,17H,3-4,9H2,1-2H3. The van der Waals surface area contributed by atoms with E-state index in [1.807, 2.05) is 12.1 Å². The zero-order valence-electron chi connectivity index (χ0n) is 10.5. The molecule has 1 heterocycles. The van der Waals surface area contributed by atoms with E-state index >= 15 is 0 Å². The van der Waals surface area contributed by atoms with Crippen molar-refractivity contribution in [1.29, 1.82) is 0 Å². The number of hydrogen-bond donors (Lipinski definition) is 1. The molecule has 1 aromatic rings. The third kappa shape index (κ3) is 2.23. The molecule has 1 aromatic carbocycles. The van der Waals surface area contributed by atoms with E-state index in [0.29, 0.717) is 5.92 Å². The first-order chi connectivity index (χ1) is 8.06. The molecule has 2 atom stereocenters. The minimum absolute atomic E-state index is 0.209. The first-order valence-corrected chi connectivity index (χ1v) is 6.97. The Hall–Kier alpha value is -0.530. The summed E-state index contributed by atoms with van der Waals surface area (Å²) in [5.41, 5.74) is 1.64. The largest absolute Gasteiger partial charge is 0.308 e. The van der Waals surface area contributed by atoms with Crippen molar-refractivity contribution in [1.82, 2.24) is 5.32 Å². The van der Waals surface area contributed by atoms with Crippen molar-refractivity contribution in [3.05, 3.63) is 34.9 Å². The summed E-state index contributed by atoms with van der Waals surface area (Å²) >= 11 is 5.96. The zero-order valence-corrected chi connectivity index (χ0v) is 11.3. The molecule has 17 heavy (non-hydrogen) atoms. The molecule has 92 valence electrons. The summed E-state index contributed by atoms with van der Waals surface area (Å²) in [4.78, 5) is 0. The average Bonchev–Trinajstić information content (AvgIpc) is 3.05. The van der Waals surface area contributed by atoms with Crippen molar-refractivity contribution in [2.45, 2.75) is 50.6 Å². The Morgan fingerprint density at radius 2 is 1.82 bits per heavy atom. The first-order valence-electron chi connectivity index (χ1n) is 6.59. The van der Waals surface area contributed by atoms with Crippen LogP contribution in [0.2, 0.25) is 5.02 Å². The van der Waals surface area contributed by atoms with E-state index < -0.39 is 0 Å². The van der Waals surface area contributed by atoms with Gasteiger partial charge in [-0.1, -0.05) is 23.7 Å². The van der Waals surface area contributed by atoms with Gasteiger partial charge in [-0.05, 0) is 56.7 Å². The molecule has 2 aliphatic rings. The van der Waals surface area contributed by atoms with Gasteiger partial charge in [0.1, 0.15) is 0 Å². The van der Waals surface area contributed by atoms with Crippen LogP contribution in [0.4, 0.5) is 0 Å². The Morgan fingerprint density at radius 3 is 2.41 bits per heavy atom. The molecule has 1 saturated carbocycles. The van der Waals surface area contributed by atoms with Crippen LogP contribution in [-0.2, 0) is 0 Å². The van der Waals surface area contributed by atoms with Gasteiger partial charge in [-0.15, -0.1) is 0 Å². The molecule has 2 fully saturated rings. The fourth-order valence-electron chi connectivity index (χ4n) is 3.24. The van der Waals surface area contributed by atoms with E-state index in [9.17, 15) is 0 Å². The lowest BCUT2D eigenvalue weighted by Crippen LogP contribution is -2.40. The second-order valence-corrected chi connectivity index (χ2v) is 6.59. The maximum atomic E-state index is 5.96. The van der Waals surface area contributed by atoms with Crippen molar-refractivity contribution < 1.29 is 0 Å². The van der Waals surface area contributed by atoms with E-state index in [1.165, 1.54) is 24.8 Å². The summed E-state index contributed by atoms with van der Waals surface area (Å²) in [6.45, 7) is 4.66. The molecule has 1 saturated heterocycles. The SMILES string of the molecule is CC1(C)NC(C2CC2)CC1c1ccc(Cl)cc1. The van der Waals surface area contributed by atoms with Crippen LogP contribution in [0.25, 0.3) is 0 Å². The third-order valence-corrected chi connectivity index (χ3v) is 4.63. The van der Waals surface area contributed by atoms with Gasteiger partial charge in [0.25, 0.3) is 0 Å². The summed E-state index contributed by atoms with van der Waals surface area (Å²) in [6.07, 6.45) is 4.11. The summed E-state index contributed by atoms with van der Waals surface area (Å²) < 4.78 is 0. The molecular formula is C15H20ClN. The Balaban J connectivity index is 1.83. The van der Waals surface area contributed by atoms with Crippen molar-refractivity contribution >= 4 is 11.6 Å². The molecule has 1 aliphatic carbocycles. The molecule has 1 aliphatic heterocycles. The highest BCUT2D eigenvalue weighted by Gasteiger charge is 2.45. The minimum atomic E-state index is 0.209. The monoisotopic (exact) mass is 249 g/mol. The predicted octanol–water partition coefficient (Wildman–Crippen LogP) is 3.97. The van der Waals surface area contributed by atoms with Gasteiger partial charge in [-0.3, -0.25) is 0 Å². The lowest BCUT2D eigenvalue weighted by atomic mass is 9.82. The van der Waals surface area contributed by atoms with Gasteiger partial charge in [-0.25, -0.2) is 0 Å². The number of benzene rings is 1. The van der Waals surface area contributed by atoms with Crippen LogP contribution in [0.3, 0.4) is 0 Å². The highest BCUT2D eigenvalue weighted by molar-refractivity contribution is 6.30. The smallest absolute Gasteiger partial charge is 0.0406 e. The van der Waals surface area contributed by atoms with Crippen LogP contribution in [0.1, 0.15) is 44.6 Å². The van der Waals surface area contributed by atoms with Gasteiger partial charge in [0.2, 0.25) is 0 Å². The second kappa shape index (κ2) is 4.00. The first kappa shape index (κ1) is 11.6. The maximum absolute atomic E-state index is 5.96. The molecule has 3 rings (SSSR count). The normalized spacial score (nSPS) is 31.7. The molecule has 2 unspecified atom stereocenters. The van der Waals surface area contributed by atoms with E-state index in [-0.39, 0.29) is 5.54 Å². The maximum Gasteiger partial charge on any atom is 0.0406 e. The molecule has 1 N–H and O–H groups in total. The number of hydrogen-bond acceptors (Lipinski definition) is 1. The van der Waals surface area contributed by atoms with Crippen LogP contribution in [0.15, 0.2) is 24.3 Å². The van der Waals surface area contributed by atoms with Crippen LogP contribution in [0.5, 0.6) is 0 Å². The average molecular weight is 250 g/mol. The molecule has 0 aromatic heterocycles. The molecular weight excluding hydrogens is 230 g/mol. The van der Waals surface area contributed by atoms with E-state index in [4.69, 9.17) is 11.6 Å². The van der Waals surface area contributed by atoms with Gasteiger partial charge < -0.3 is 5.32 Å². The van der Waals surface area contributed by atoms with E-state index in [0.717, 1.165) is 17.0 Å². The lowest BCUT2D eigenvalue weighted by Gasteiger charge is -2.27. The minimum Gasteiger partial charge on any atom is -0.308 e. The predicted molar refractivity (Wildman–Crippen MR) is 72.5 cm³/mol. The van der Waals surface area contributed by atoms with Crippen LogP contribution in [-0.4, -0.2) is 11.6 Å². The Bertz CT molecular complexity index is 405. The number of rotatable bonds is 2. The molecule has 0 amide bonds. The Labute approximate surface area is 109 Å². The van der Waals surface area contributed by atoms with Crippen LogP contribution >= 0.6 is 11.6 Å². The topological polar surface area (TPSA) is 12.0 Å². The van der Waals surface area contributed by atoms with Crippen LogP contribution in [0, 0.1) is 5.92 Å². The summed E-state index contributed by atoms with van der Waals surface area (Å²) in [7, 11) is 0. The van der Waals surface area contributed by atoms with Crippen molar-refractivity contribution in [3.8, 4) is 0 Å². The second-order valence-electron chi connectivity index (χ2n) is 6.15. The van der Waals surface area contributed by atoms with Gasteiger partial charge in [0, 0.05) is 22.5 Å². The van der Waals surface area contributed by atoms with E-state index in [1.54, 1.807) is 0 Å². The Kier molecular flexibility index (Phi) is 2.72. The van der Waals surface area contributed by atoms with E-state index in [2.05, 4.69) is 31.3 Å². The lowest BCUT2D eigenvalue weighted by molar-refractivity contribution is 0.386. The molecule has 2 heteroatoms. The Morgan fingerprint density at radius 1 is 1.18 bits per heavy atom. The highest BCUT2D eigenvalue weighted by Crippen LogP contribution is 2.46. The molecule has 0 bridgehead atoms. The van der Waals surface area contributed by atoms with Gasteiger partial charge in [-0.2, -0.15) is 0 Å². The van der Waals surface area contributed by atoms with Crippen LogP contribution < -0.4 is 5.32 Å². The van der Waals surface area contributed by atoms with Gasteiger partial charge in [0.15, 0.2) is 0 Å². The highest BCUT2D eigenvalue weighted by atomic mass is 35.5. The fraction of sp³-hybridized carbons (Fsp3) is 0.600. The molecule has 0 radical (unpaired) electrons. The summed E-state index contributed by atoms with van der Waals surface area (Å²) in [5, 5.41) is 4.65. The third-order valence-electron chi connectivity index (χ3n) is 4.38. The molecule has 1 nitrogen and oxygen atoms in total. The number of nitrogens with one attached hydrogen (secondary N) is 1. The fourth-order valence-corrected chi connectivity index (χ4v) is 3.37.